The van der Waals surface area contributed by atoms with E-state index in [1.165, 1.54) is 11.1 Å². The van der Waals surface area contributed by atoms with Gasteiger partial charge in [-0.1, -0.05) is 12.1 Å². The molecule has 2 aliphatic heterocycles. The van der Waals surface area contributed by atoms with Crippen LogP contribution in [0.5, 0.6) is 5.75 Å². The van der Waals surface area contributed by atoms with E-state index in [2.05, 4.69) is 37.4 Å². The van der Waals surface area contributed by atoms with Crippen molar-refractivity contribution in [2.75, 3.05) is 19.6 Å². The number of carbonyl (C=O) groups excluding carboxylic acids is 1. The lowest BCUT2D eigenvalue weighted by atomic mass is 10.0. The average Bonchev–Trinajstić information content (AvgIpc) is 3.08. The predicted octanol–water partition coefficient (Wildman–Crippen LogP) is 2.92. The van der Waals surface area contributed by atoms with Crippen LogP contribution in [0.25, 0.3) is 0 Å². The van der Waals surface area contributed by atoms with Crippen LogP contribution >= 0.6 is 12.4 Å². The molecule has 3 rings (SSSR count). The number of fused-ring (bicyclic) bond motifs is 1. The van der Waals surface area contributed by atoms with E-state index in [-0.39, 0.29) is 23.9 Å². The molecule has 4 nitrogen and oxygen atoms in total. The molecule has 2 aliphatic rings. The van der Waals surface area contributed by atoms with Crippen molar-refractivity contribution in [3.63, 3.8) is 0 Å². The van der Waals surface area contributed by atoms with Crippen LogP contribution in [0.3, 0.4) is 0 Å². The number of ether oxygens (including phenoxy) is 1. The molecular formula is C18H27ClN2O2. The highest BCUT2D eigenvalue weighted by atomic mass is 35.5. The maximum absolute atomic E-state index is 12.0. The second-order valence-electron chi connectivity index (χ2n) is 7.00. The summed E-state index contributed by atoms with van der Waals surface area (Å²) in [6.07, 6.45) is 3.88. The Hall–Kier alpha value is -1.26. The van der Waals surface area contributed by atoms with Crippen molar-refractivity contribution in [2.24, 2.45) is 0 Å². The van der Waals surface area contributed by atoms with Gasteiger partial charge in [0.15, 0.2) is 0 Å². The Labute approximate surface area is 145 Å². The van der Waals surface area contributed by atoms with Crippen LogP contribution in [0, 0.1) is 0 Å². The fraction of sp³-hybridized carbons (Fsp3) is 0.611. The van der Waals surface area contributed by atoms with E-state index in [1.807, 2.05) is 4.90 Å². The average molecular weight is 339 g/mol. The molecule has 0 spiro atoms. The number of amides is 1. The summed E-state index contributed by atoms with van der Waals surface area (Å²) in [5, 5.41) is 3.38. The number of nitrogens with one attached hydrogen (secondary N) is 1. The Balaban J connectivity index is 0.00000192. The number of rotatable bonds is 5. The fourth-order valence-electron chi connectivity index (χ4n) is 3.33. The van der Waals surface area contributed by atoms with Gasteiger partial charge in [-0.25, -0.2) is 0 Å². The van der Waals surface area contributed by atoms with Crippen molar-refractivity contribution in [3.05, 3.63) is 29.3 Å². The van der Waals surface area contributed by atoms with Crippen molar-refractivity contribution in [2.45, 2.75) is 51.7 Å². The van der Waals surface area contributed by atoms with Gasteiger partial charge in [-0.3, -0.25) is 4.79 Å². The van der Waals surface area contributed by atoms with Gasteiger partial charge >= 0.3 is 0 Å². The first kappa shape index (κ1) is 18.1. The Morgan fingerprint density at radius 3 is 2.78 bits per heavy atom. The lowest BCUT2D eigenvalue weighted by Gasteiger charge is -2.16. The highest BCUT2D eigenvalue weighted by molar-refractivity contribution is 5.85. The number of benzene rings is 1. The molecule has 0 aliphatic carbocycles. The SMILES string of the molecule is CC1(C)Cc2cc(CNCCC(=O)N3CCCC3)ccc2O1.Cl. The second kappa shape index (κ2) is 7.54. The van der Waals surface area contributed by atoms with Gasteiger partial charge in [0.2, 0.25) is 5.91 Å². The lowest BCUT2D eigenvalue weighted by Crippen LogP contribution is -2.30. The topological polar surface area (TPSA) is 41.6 Å². The standard InChI is InChI=1S/C18H26N2O2.ClH/c1-18(2)12-15-11-14(5-6-16(15)22-18)13-19-8-7-17(21)20-9-3-4-10-20;/h5-6,11,19H,3-4,7-10,12-13H2,1-2H3;1H. The van der Waals surface area contributed by atoms with Crippen LogP contribution in [0.15, 0.2) is 18.2 Å². The molecule has 0 radical (unpaired) electrons. The molecule has 0 bridgehead atoms. The summed E-state index contributed by atoms with van der Waals surface area (Å²) in [6.45, 7) is 7.68. The molecule has 1 N–H and O–H groups in total. The molecule has 1 saturated heterocycles. The van der Waals surface area contributed by atoms with E-state index in [0.29, 0.717) is 6.42 Å². The lowest BCUT2D eigenvalue weighted by molar-refractivity contribution is -0.130. The molecule has 23 heavy (non-hydrogen) atoms. The van der Waals surface area contributed by atoms with Crippen molar-refractivity contribution in [1.29, 1.82) is 0 Å². The van der Waals surface area contributed by atoms with Crippen LogP contribution in [0.4, 0.5) is 0 Å². The second-order valence-corrected chi connectivity index (χ2v) is 7.00. The summed E-state index contributed by atoms with van der Waals surface area (Å²) in [7, 11) is 0. The molecule has 1 aromatic rings. The van der Waals surface area contributed by atoms with E-state index in [1.54, 1.807) is 0 Å². The molecule has 1 fully saturated rings. The molecule has 5 heteroatoms. The first-order chi connectivity index (χ1) is 10.5. The van der Waals surface area contributed by atoms with Gasteiger partial charge in [0.05, 0.1) is 0 Å². The molecule has 0 atom stereocenters. The third-order valence-corrected chi connectivity index (χ3v) is 4.43. The summed E-state index contributed by atoms with van der Waals surface area (Å²) in [5.41, 5.74) is 2.46. The van der Waals surface area contributed by atoms with Gasteiger partial charge < -0.3 is 15.0 Å². The number of likely N-dealkylation sites (tertiary alicyclic amines) is 1. The number of hydrogen-bond acceptors (Lipinski definition) is 3. The third-order valence-electron chi connectivity index (χ3n) is 4.43. The summed E-state index contributed by atoms with van der Waals surface area (Å²) in [4.78, 5) is 13.9. The third kappa shape index (κ3) is 4.61. The van der Waals surface area contributed by atoms with Gasteiger partial charge in [-0.05, 0) is 43.9 Å². The molecule has 0 saturated carbocycles. The zero-order chi connectivity index (χ0) is 15.6. The Morgan fingerprint density at radius 2 is 2.04 bits per heavy atom. The number of hydrogen-bond donors (Lipinski definition) is 1. The summed E-state index contributed by atoms with van der Waals surface area (Å²) >= 11 is 0. The molecular weight excluding hydrogens is 312 g/mol. The van der Waals surface area contributed by atoms with Crippen molar-refractivity contribution in [1.82, 2.24) is 10.2 Å². The Bertz CT molecular complexity index is 554. The largest absolute Gasteiger partial charge is 0.487 e. The minimum atomic E-state index is -0.0868. The molecule has 2 heterocycles. The zero-order valence-corrected chi connectivity index (χ0v) is 14.9. The summed E-state index contributed by atoms with van der Waals surface area (Å²) < 4.78 is 5.89. The van der Waals surface area contributed by atoms with Gasteiger partial charge in [0, 0.05) is 39.0 Å². The van der Waals surface area contributed by atoms with E-state index < -0.39 is 0 Å². The summed E-state index contributed by atoms with van der Waals surface area (Å²) in [5.74, 6) is 1.30. The molecule has 0 unspecified atom stereocenters. The highest BCUT2D eigenvalue weighted by Crippen LogP contribution is 2.35. The van der Waals surface area contributed by atoms with E-state index in [9.17, 15) is 4.79 Å². The van der Waals surface area contributed by atoms with Gasteiger partial charge in [0.1, 0.15) is 11.4 Å². The molecule has 1 aromatic carbocycles. The predicted molar refractivity (Wildman–Crippen MR) is 94.2 cm³/mol. The Morgan fingerprint density at radius 1 is 1.30 bits per heavy atom. The molecule has 0 aromatic heterocycles. The Kier molecular flexibility index (Phi) is 5.93. The zero-order valence-electron chi connectivity index (χ0n) is 14.1. The molecule has 1 amide bonds. The van der Waals surface area contributed by atoms with E-state index in [4.69, 9.17) is 4.74 Å². The van der Waals surface area contributed by atoms with Crippen LogP contribution in [-0.4, -0.2) is 36.0 Å². The van der Waals surface area contributed by atoms with Crippen LogP contribution < -0.4 is 10.1 Å². The van der Waals surface area contributed by atoms with E-state index in [0.717, 1.165) is 51.2 Å². The highest BCUT2D eigenvalue weighted by Gasteiger charge is 2.29. The minimum absolute atomic E-state index is 0. The van der Waals surface area contributed by atoms with Gasteiger partial charge in [-0.15, -0.1) is 12.4 Å². The monoisotopic (exact) mass is 338 g/mol. The maximum atomic E-state index is 12.0. The fourth-order valence-corrected chi connectivity index (χ4v) is 3.33. The number of carbonyl (C=O) groups is 1. The van der Waals surface area contributed by atoms with Crippen molar-refractivity contribution >= 4 is 18.3 Å². The smallest absolute Gasteiger partial charge is 0.223 e. The van der Waals surface area contributed by atoms with Gasteiger partial charge in [0.25, 0.3) is 0 Å². The number of halogens is 1. The van der Waals surface area contributed by atoms with Crippen LogP contribution in [0.2, 0.25) is 0 Å². The van der Waals surface area contributed by atoms with Crippen LogP contribution in [0.1, 0.15) is 44.2 Å². The molecule has 128 valence electrons. The summed E-state index contributed by atoms with van der Waals surface area (Å²) in [6, 6.07) is 6.39. The normalized spacial score (nSPS) is 18.3. The quantitative estimate of drug-likeness (QED) is 0.839. The van der Waals surface area contributed by atoms with Crippen LogP contribution in [-0.2, 0) is 17.8 Å². The number of nitrogens with zero attached hydrogens (tertiary/aromatic N) is 1. The van der Waals surface area contributed by atoms with Crippen molar-refractivity contribution in [3.8, 4) is 5.75 Å². The van der Waals surface area contributed by atoms with Crippen molar-refractivity contribution < 1.29 is 9.53 Å². The van der Waals surface area contributed by atoms with Gasteiger partial charge in [-0.2, -0.15) is 0 Å². The minimum Gasteiger partial charge on any atom is -0.487 e. The maximum Gasteiger partial charge on any atom is 0.223 e. The van der Waals surface area contributed by atoms with E-state index >= 15 is 0 Å². The first-order valence-corrected chi connectivity index (χ1v) is 8.33. The first-order valence-electron chi connectivity index (χ1n) is 8.33.